The zero-order valence-corrected chi connectivity index (χ0v) is 18.6. The predicted molar refractivity (Wildman–Crippen MR) is 124 cm³/mol. The molecule has 28 heavy (non-hydrogen) atoms. The Morgan fingerprint density at radius 1 is 0.393 bits per heavy atom. The summed E-state index contributed by atoms with van der Waals surface area (Å²) >= 11 is -2.88. The standard InChI is InChI=1S/C27H26As/c1-21-10-7-15-25(18-21)28(24-13-5-4-6-14-24,26-16-8-11-22(2)19-26)27-17-9-12-23(3)20-27/h4-20H,1-3H3/q+1. The first-order chi connectivity index (χ1) is 13.6. The van der Waals surface area contributed by atoms with E-state index < -0.39 is 13.6 Å². The van der Waals surface area contributed by atoms with E-state index in [-0.39, 0.29) is 0 Å². The summed E-state index contributed by atoms with van der Waals surface area (Å²) in [6.45, 7) is 6.60. The van der Waals surface area contributed by atoms with Crippen molar-refractivity contribution in [3.63, 3.8) is 0 Å². The zero-order valence-electron chi connectivity index (χ0n) is 16.8. The van der Waals surface area contributed by atoms with Gasteiger partial charge in [0.25, 0.3) is 0 Å². The van der Waals surface area contributed by atoms with Gasteiger partial charge in [0, 0.05) is 0 Å². The van der Waals surface area contributed by atoms with Crippen LogP contribution in [0.1, 0.15) is 16.7 Å². The molecular weight excluding hydrogens is 399 g/mol. The van der Waals surface area contributed by atoms with Gasteiger partial charge in [-0.05, 0) is 0 Å². The maximum absolute atomic E-state index is 2.88. The molecule has 0 heterocycles. The first-order valence-electron chi connectivity index (χ1n) is 9.77. The van der Waals surface area contributed by atoms with Crippen LogP contribution in [0.2, 0.25) is 0 Å². The molecule has 1 heteroatoms. The van der Waals surface area contributed by atoms with Crippen LogP contribution in [0.25, 0.3) is 0 Å². The van der Waals surface area contributed by atoms with Crippen molar-refractivity contribution in [2.45, 2.75) is 20.8 Å². The SMILES string of the molecule is Cc1cccc([As+](c2ccccc2)(c2cccc(C)c2)c2cccc(C)c2)c1. The summed E-state index contributed by atoms with van der Waals surface area (Å²) in [5.41, 5.74) is 3.96. The van der Waals surface area contributed by atoms with E-state index in [1.807, 2.05) is 0 Å². The predicted octanol–water partition coefficient (Wildman–Crippen LogP) is 3.99. The Hall–Kier alpha value is -2.56. The summed E-state index contributed by atoms with van der Waals surface area (Å²) in [7, 11) is 0. The maximum atomic E-state index is 2.41. The molecule has 0 amide bonds. The van der Waals surface area contributed by atoms with Crippen LogP contribution in [0.15, 0.2) is 103 Å². The van der Waals surface area contributed by atoms with Crippen LogP contribution in [0.4, 0.5) is 0 Å². The van der Waals surface area contributed by atoms with Crippen LogP contribution in [0.5, 0.6) is 0 Å². The Morgan fingerprint density at radius 3 is 1.11 bits per heavy atom. The number of aryl methyl sites for hydroxylation is 3. The van der Waals surface area contributed by atoms with Crippen molar-refractivity contribution in [3.8, 4) is 0 Å². The molecule has 0 bridgehead atoms. The van der Waals surface area contributed by atoms with Gasteiger partial charge in [-0.1, -0.05) is 0 Å². The fourth-order valence-corrected chi connectivity index (χ4v) is 13.6. The molecule has 0 saturated carbocycles. The molecule has 4 aromatic rings. The summed E-state index contributed by atoms with van der Waals surface area (Å²) < 4.78 is 5.88. The van der Waals surface area contributed by atoms with E-state index in [2.05, 4.69) is 124 Å². The molecule has 4 aromatic carbocycles. The minimum absolute atomic E-state index is 1.32. The quantitative estimate of drug-likeness (QED) is 0.434. The Kier molecular flexibility index (Phi) is 5.25. The van der Waals surface area contributed by atoms with E-state index in [1.54, 1.807) is 0 Å². The average Bonchev–Trinajstić information content (AvgIpc) is 2.70. The molecule has 0 fully saturated rings. The number of rotatable bonds is 4. The zero-order chi connectivity index (χ0) is 19.6. The third-order valence-electron chi connectivity index (χ3n) is 5.31. The van der Waals surface area contributed by atoms with Gasteiger partial charge in [-0.3, -0.25) is 0 Å². The van der Waals surface area contributed by atoms with Crippen LogP contribution in [-0.2, 0) is 0 Å². The molecule has 0 saturated heterocycles. The minimum atomic E-state index is -2.88. The van der Waals surface area contributed by atoms with Gasteiger partial charge in [0.15, 0.2) is 0 Å². The van der Waals surface area contributed by atoms with E-state index in [1.165, 1.54) is 34.1 Å². The Bertz CT molecular complexity index is 985. The van der Waals surface area contributed by atoms with Crippen LogP contribution < -0.4 is 17.4 Å². The van der Waals surface area contributed by atoms with Gasteiger partial charge in [-0.15, -0.1) is 0 Å². The van der Waals surface area contributed by atoms with Crippen molar-refractivity contribution in [2.24, 2.45) is 0 Å². The first-order valence-corrected chi connectivity index (χ1v) is 13.5. The fourth-order valence-electron chi connectivity index (χ4n) is 4.06. The van der Waals surface area contributed by atoms with Crippen molar-refractivity contribution >= 4 is 31.0 Å². The molecule has 0 atom stereocenters. The van der Waals surface area contributed by atoms with Crippen molar-refractivity contribution in [1.82, 2.24) is 0 Å². The fraction of sp³-hybridized carbons (Fsp3) is 0.111. The van der Waals surface area contributed by atoms with Crippen LogP contribution in [0, 0.1) is 20.8 Å². The van der Waals surface area contributed by atoms with Gasteiger partial charge >= 0.3 is 172 Å². The van der Waals surface area contributed by atoms with Gasteiger partial charge < -0.3 is 0 Å². The Balaban J connectivity index is 2.17. The van der Waals surface area contributed by atoms with E-state index in [4.69, 9.17) is 0 Å². The summed E-state index contributed by atoms with van der Waals surface area (Å²) in [5.74, 6) is 0. The molecule has 0 aliphatic carbocycles. The molecule has 0 aromatic heterocycles. The van der Waals surface area contributed by atoms with Crippen LogP contribution in [0.3, 0.4) is 0 Å². The molecule has 4 rings (SSSR count). The summed E-state index contributed by atoms with van der Waals surface area (Å²) in [6, 6.07) is 38.7. The topological polar surface area (TPSA) is 0 Å². The van der Waals surface area contributed by atoms with Crippen LogP contribution >= 0.6 is 0 Å². The number of hydrogen-bond donors (Lipinski definition) is 0. The van der Waals surface area contributed by atoms with E-state index in [9.17, 15) is 0 Å². The first kappa shape index (κ1) is 18.8. The second kappa shape index (κ2) is 7.82. The third-order valence-corrected chi connectivity index (χ3v) is 14.2. The molecule has 0 nitrogen and oxygen atoms in total. The van der Waals surface area contributed by atoms with E-state index >= 15 is 0 Å². The number of benzene rings is 4. The second-order valence-electron chi connectivity index (χ2n) is 7.52. The molecule has 0 spiro atoms. The average molecular weight is 425 g/mol. The van der Waals surface area contributed by atoms with Crippen LogP contribution in [-0.4, -0.2) is 13.6 Å². The Labute approximate surface area is 171 Å². The van der Waals surface area contributed by atoms with Crippen molar-refractivity contribution in [2.75, 3.05) is 0 Å². The Morgan fingerprint density at radius 2 is 0.750 bits per heavy atom. The summed E-state index contributed by atoms with van der Waals surface area (Å²) in [5, 5.41) is 0. The van der Waals surface area contributed by atoms with Gasteiger partial charge in [-0.25, -0.2) is 0 Å². The van der Waals surface area contributed by atoms with E-state index in [0.717, 1.165) is 0 Å². The van der Waals surface area contributed by atoms with Gasteiger partial charge in [0.2, 0.25) is 0 Å². The molecule has 138 valence electrons. The molecular formula is C27H26As+. The van der Waals surface area contributed by atoms with Gasteiger partial charge in [-0.2, -0.15) is 0 Å². The molecule has 0 aliphatic rings. The van der Waals surface area contributed by atoms with Crippen molar-refractivity contribution in [1.29, 1.82) is 0 Å². The molecule has 0 radical (unpaired) electrons. The van der Waals surface area contributed by atoms with Gasteiger partial charge in [0.05, 0.1) is 0 Å². The third kappa shape index (κ3) is 3.34. The molecule has 0 aliphatic heterocycles. The molecule has 0 N–H and O–H groups in total. The number of hydrogen-bond acceptors (Lipinski definition) is 0. The summed E-state index contributed by atoms with van der Waals surface area (Å²) in [4.78, 5) is 0. The van der Waals surface area contributed by atoms with Crippen molar-refractivity contribution < 1.29 is 0 Å². The summed E-state index contributed by atoms with van der Waals surface area (Å²) in [6.07, 6.45) is 0. The van der Waals surface area contributed by atoms with Crippen molar-refractivity contribution in [3.05, 3.63) is 120 Å². The van der Waals surface area contributed by atoms with Gasteiger partial charge in [0.1, 0.15) is 0 Å². The van der Waals surface area contributed by atoms with E-state index in [0.29, 0.717) is 0 Å². The monoisotopic (exact) mass is 425 g/mol. The second-order valence-corrected chi connectivity index (χ2v) is 14.7. The normalized spacial score (nSPS) is 11.4. The molecule has 0 unspecified atom stereocenters.